The molecule has 0 aromatic carbocycles. The zero-order valence-electron chi connectivity index (χ0n) is 10.3. The van der Waals surface area contributed by atoms with Crippen LogP contribution >= 0.6 is 0 Å². The first kappa shape index (κ1) is 15.1. The minimum atomic E-state index is -1.69. The molecule has 0 saturated carbocycles. The van der Waals surface area contributed by atoms with E-state index in [0.717, 1.165) is 12.8 Å². The monoisotopic (exact) mass is 236 g/mol. The van der Waals surface area contributed by atoms with Gasteiger partial charge >= 0.3 is 9.28 Å². The molecule has 0 heterocycles. The third-order valence-electron chi connectivity index (χ3n) is 2.59. The molecule has 0 aliphatic rings. The van der Waals surface area contributed by atoms with E-state index in [-0.39, 0.29) is 0 Å². The molecule has 0 rings (SSSR count). The maximum absolute atomic E-state index is 13.4. The fourth-order valence-electron chi connectivity index (χ4n) is 1.58. The van der Waals surface area contributed by atoms with Crippen molar-refractivity contribution in [1.82, 2.24) is 0 Å². The van der Waals surface area contributed by atoms with E-state index in [1.807, 2.05) is 0 Å². The maximum Gasteiger partial charge on any atom is 0.323 e. The average molecular weight is 236 g/mol. The van der Waals surface area contributed by atoms with Crippen molar-refractivity contribution in [1.29, 1.82) is 0 Å². The summed E-state index contributed by atoms with van der Waals surface area (Å²) in [6.07, 6.45) is 5.82. The number of unbranched alkanes of at least 4 members (excludes halogenated alkanes) is 4. The topological polar surface area (TPSA) is 18.5 Å². The largest absolute Gasteiger partial charge is 0.400 e. The minimum absolute atomic E-state index is 0.487. The molecule has 0 amide bonds. The first-order valence-corrected chi connectivity index (χ1v) is 7.70. The summed E-state index contributed by atoms with van der Waals surface area (Å²) in [5, 5.41) is 0. The quantitative estimate of drug-likeness (QED) is 0.428. The predicted molar refractivity (Wildman–Crippen MR) is 64.2 cm³/mol. The Morgan fingerprint density at radius 2 is 1.67 bits per heavy atom. The van der Waals surface area contributed by atoms with Crippen LogP contribution in [0.3, 0.4) is 0 Å². The Bertz CT molecular complexity index is 132. The second kappa shape index (κ2) is 10.6. The van der Waals surface area contributed by atoms with E-state index in [1.165, 1.54) is 19.3 Å². The zero-order valence-corrected chi connectivity index (χ0v) is 11.5. The number of rotatable bonds is 10. The highest BCUT2D eigenvalue weighted by molar-refractivity contribution is 6.44. The summed E-state index contributed by atoms with van der Waals surface area (Å²) in [6, 6.07) is 0.487. The lowest BCUT2D eigenvalue weighted by Gasteiger charge is -2.13. The molecule has 0 saturated heterocycles. The third kappa shape index (κ3) is 9.02. The van der Waals surface area contributed by atoms with Crippen LogP contribution in [0.25, 0.3) is 0 Å². The van der Waals surface area contributed by atoms with Gasteiger partial charge in [-0.15, -0.1) is 0 Å². The molecule has 0 bridgehead atoms. The summed E-state index contributed by atoms with van der Waals surface area (Å²) in [5.41, 5.74) is 0. The molecule has 1 atom stereocenters. The molecule has 92 valence electrons. The standard InChI is InChI=1S/C11H25FO2Si/c1-4-5-6-7-8-9-11(12)10-15(13-2)14-3/h11,15H,4-10H2,1-3H3. The van der Waals surface area contributed by atoms with Crippen molar-refractivity contribution in [3.05, 3.63) is 0 Å². The summed E-state index contributed by atoms with van der Waals surface area (Å²) in [6.45, 7) is 2.19. The SMILES string of the molecule is CCCCCCCC(F)C[SiH](OC)OC. The molecule has 0 radical (unpaired) electrons. The second-order valence-corrected chi connectivity index (χ2v) is 6.21. The van der Waals surface area contributed by atoms with Crippen LogP contribution < -0.4 is 0 Å². The smallest absolute Gasteiger partial charge is 0.323 e. The molecule has 2 nitrogen and oxygen atoms in total. The van der Waals surface area contributed by atoms with Crippen molar-refractivity contribution in [2.24, 2.45) is 0 Å². The van der Waals surface area contributed by atoms with Gasteiger partial charge in [0, 0.05) is 20.3 Å². The Morgan fingerprint density at radius 3 is 2.20 bits per heavy atom. The van der Waals surface area contributed by atoms with Gasteiger partial charge in [-0.3, -0.25) is 0 Å². The minimum Gasteiger partial charge on any atom is -0.400 e. The molecule has 4 heteroatoms. The molecule has 0 aliphatic carbocycles. The van der Waals surface area contributed by atoms with Gasteiger partial charge in [0.2, 0.25) is 0 Å². The van der Waals surface area contributed by atoms with Gasteiger partial charge in [-0.2, -0.15) is 0 Å². The highest BCUT2D eigenvalue weighted by atomic mass is 28.3. The Labute approximate surface area is 95.0 Å². The van der Waals surface area contributed by atoms with Crippen LogP contribution in [0.4, 0.5) is 4.39 Å². The molecule has 0 aromatic rings. The number of hydrogen-bond donors (Lipinski definition) is 0. The highest BCUT2D eigenvalue weighted by Crippen LogP contribution is 2.14. The van der Waals surface area contributed by atoms with Gasteiger partial charge in [-0.1, -0.05) is 39.0 Å². The molecule has 0 spiro atoms. The van der Waals surface area contributed by atoms with Gasteiger partial charge in [-0.25, -0.2) is 4.39 Å². The van der Waals surface area contributed by atoms with Gasteiger partial charge < -0.3 is 8.85 Å². The second-order valence-electron chi connectivity index (χ2n) is 3.94. The molecule has 0 aromatic heterocycles. The lowest BCUT2D eigenvalue weighted by molar-refractivity contribution is 0.248. The van der Waals surface area contributed by atoms with Crippen LogP contribution in [0.1, 0.15) is 45.4 Å². The summed E-state index contributed by atoms with van der Waals surface area (Å²) < 4.78 is 23.6. The first-order chi connectivity index (χ1) is 7.24. The van der Waals surface area contributed by atoms with Gasteiger partial charge in [0.25, 0.3) is 0 Å². The van der Waals surface area contributed by atoms with E-state index in [9.17, 15) is 4.39 Å². The molecular formula is C11H25FO2Si. The molecule has 0 aliphatic heterocycles. The Kier molecular flexibility index (Phi) is 10.6. The first-order valence-electron chi connectivity index (χ1n) is 5.94. The molecule has 1 unspecified atom stereocenters. The Morgan fingerprint density at radius 1 is 1.07 bits per heavy atom. The van der Waals surface area contributed by atoms with Crippen LogP contribution in [0.2, 0.25) is 6.04 Å². The van der Waals surface area contributed by atoms with E-state index in [4.69, 9.17) is 8.85 Å². The number of halogens is 1. The summed E-state index contributed by atoms with van der Waals surface area (Å²) in [4.78, 5) is 0. The number of alkyl halides is 1. The van der Waals surface area contributed by atoms with Crippen LogP contribution in [0.5, 0.6) is 0 Å². The predicted octanol–water partition coefficient (Wildman–Crippen LogP) is 3.20. The van der Waals surface area contributed by atoms with Crippen molar-refractivity contribution in [3.8, 4) is 0 Å². The summed E-state index contributed by atoms with van der Waals surface area (Å²) >= 11 is 0. The highest BCUT2D eigenvalue weighted by Gasteiger charge is 2.17. The van der Waals surface area contributed by atoms with Gasteiger partial charge in [0.15, 0.2) is 0 Å². The van der Waals surface area contributed by atoms with Gasteiger partial charge in [0.1, 0.15) is 6.17 Å². The lowest BCUT2D eigenvalue weighted by Crippen LogP contribution is -2.23. The van der Waals surface area contributed by atoms with Crippen molar-refractivity contribution in [3.63, 3.8) is 0 Å². The van der Waals surface area contributed by atoms with Crippen molar-refractivity contribution in [2.45, 2.75) is 57.7 Å². The van der Waals surface area contributed by atoms with Crippen LogP contribution in [-0.4, -0.2) is 29.7 Å². The molecule has 0 N–H and O–H groups in total. The fourth-order valence-corrected chi connectivity index (χ4v) is 2.82. The number of hydrogen-bond acceptors (Lipinski definition) is 2. The molecular weight excluding hydrogens is 211 g/mol. The van der Waals surface area contributed by atoms with Crippen LogP contribution in [0.15, 0.2) is 0 Å². The summed E-state index contributed by atoms with van der Waals surface area (Å²) in [5.74, 6) is 0. The molecule has 15 heavy (non-hydrogen) atoms. The third-order valence-corrected chi connectivity index (χ3v) is 4.54. The normalized spacial score (nSPS) is 13.4. The Hall–Kier alpha value is 0.0669. The maximum atomic E-state index is 13.4. The zero-order chi connectivity index (χ0) is 11.5. The van der Waals surface area contributed by atoms with E-state index in [1.54, 1.807) is 14.2 Å². The van der Waals surface area contributed by atoms with Crippen molar-refractivity contribution >= 4 is 9.28 Å². The van der Waals surface area contributed by atoms with Crippen LogP contribution in [-0.2, 0) is 8.85 Å². The average Bonchev–Trinajstić information content (AvgIpc) is 2.25. The molecule has 0 fully saturated rings. The summed E-state index contributed by atoms with van der Waals surface area (Å²) in [7, 11) is 1.52. The lowest BCUT2D eigenvalue weighted by atomic mass is 10.1. The van der Waals surface area contributed by atoms with Gasteiger partial charge in [-0.05, 0) is 6.42 Å². The van der Waals surface area contributed by atoms with E-state index < -0.39 is 15.5 Å². The van der Waals surface area contributed by atoms with E-state index in [0.29, 0.717) is 12.5 Å². The van der Waals surface area contributed by atoms with Crippen molar-refractivity contribution in [2.75, 3.05) is 14.2 Å². The van der Waals surface area contributed by atoms with E-state index >= 15 is 0 Å². The Balaban J connectivity index is 3.35. The van der Waals surface area contributed by atoms with Crippen LogP contribution in [0, 0.1) is 0 Å². The van der Waals surface area contributed by atoms with Gasteiger partial charge in [0.05, 0.1) is 0 Å². The van der Waals surface area contributed by atoms with Crippen molar-refractivity contribution < 1.29 is 13.2 Å². The fraction of sp³-hybridized carbons (Fsp3) is 1.00. The van der Waals surface area contributed by atoms with E-state index in [2.05, 4.69) is 6.92 Å².